The summed E-state index contributed by atoms with van der Waals surface area (Å²) in [6.45, 7) is 8.61. The van der Waals surface area contributed by atoms with E-state index in [1.54, 1.807) is 0 Å². The zero-order chi connectivity index (χ0) is 17.7. The first-order chi connectivity index (χ1) is 11.5. The predicted molar refractivity (Wildman–Crippen MR) is 114 cm³/mol. The van der Waals surface area contributed by atoms with Crippen LogP contribution in [0.1, 0.15) is 44.5 Å². The van der Waals surface area contributed by atoms with Crippen LogP contribution in [-0.4, -0.2) is 0 Å². The number of hydrogen-bond acceptors (Lipinski definition) is 2. The summed E-state index contributed by atoms with van der Waals surface area (Å²) in [6.07, 6.45) is 0. The first-order valence-corrected chi connectivity index (χ1v) is 11.6. The molecule has 0 aliphatic carbocycles. The molecule has 2 rings (SSSR count). The summed E-state index contributed by atoms with van der Waals surface area (Å²) in [5.41, 5.74) is 10.5. The molecule has 0 nitrogen and oxygen atoms in total. The van der Waals surface area contributed by atoms with Crippen molar-refractivity contribution in [1.29, 1.82) is 0 Å². The second-order valence-corrected chi connectivity index (χ2v) is 9.20. The number of rotatable bonds is 7. The Morgan fingerprint density at radius 1 is 0.583 bits per heavy atom. The first kappa shape index (κ1) is 20.0. The van der Waals surface area contributed by atoms with Crippen molar-refractivity contribution in [3.8, 4) is 0 Å². The molecule has 2 aromatic carbocycles. The Labute approximate surface area is 164 Å². The lowest BCUT2D eigenvalue weighted by molar-refractivity contribution is 1.21. The fourth-order valence-corrected chi connectivity index (χ4v) is 5.32. The molecule has 0 N–H and O–H groups in total. The van der Waals surface area contributed by atoms with Crippen molar-refractivity contribution in [1.82, 2.24) is 0 Å². The minimum Gasteiger partial charge on any atom is -0.122 e. The summed E-state index contributed by atoms with van der Waals surface area (Å²) in [7, 11) is 3.78. The van der Waals surface area contributed by atoms with Crippen LogP contribution >= 0.6 is 44.8 Å². The molecular weight excluding hydrogens is 375 g/mol. The highest BCUT2D eigenvalue weighted by Crippen LogP contribution is 2.33. The summed E-state index contributed by atoms with van der Waals surface area (Å²) >= 11 is 12.2. The lowest BCUT2D eigenvalue weighted by Gasteiger charge is -2.12. The van der Waals surface area contributed by atoms with Crippen molar-refractivity contribution >= 4 is 44.8 Å². The van der Waals surface area contributed by atoms with Crippen LogP contribution in [0.2, 0.25) is 0 Å². The highest BCUT2D eigenvalue weighted by atomic mass is 35.5. The van der Waals surface area contributed by atoms with E-state index >= 15 is 0 Å². The highest BCUT2D eigenvalue weighted by Gasteiger charge is 2.08. The smallest absolute Gasteiger partial charge is 0.0477 e. The van der Waals surface area contributed by atoms with Crippen LogP contribution in [0.15, 0.2) is 24.3 Å². The van der Waals surface area contributed by atoms with Crippen LogP contribution in [0.5, 0.6) is 0 Å². The molecule has 0 aliphatic heterocycles. The van der Waals surface area contributed by atoms with Crippen molar-refractivity contribution in [2.75, 3.05) is 0 Å². The molecule has 0 radical (unpaired) electrons. The van der Waals surface area contributed by atoms with E-state index in [0.29, 0.717) is 11.8 Å². The molecule has 0 atom stereocenters. The largest absolute Gasteiger partial charge is 0.122 e. The van der Waals surface area contributed by atoms with Gasteiger partial charge in [0.25, 0.3) is 0 Å². The molecule has 0 bridgehead atoms. The van der Waals surface area contributed by atoms with Crippen LogP contribution in [0.25, 0.3) is 0 Å². The van der Waals surface area contributed by atoms with Crippen LogP contribution in [-0.2, 0) is 23.3 Å². The van der Waals surface area contributed by atoms with Gasteiger partial charge in [0.15, 0.2) is 0 Å². The van der Waals surface area contributed by atoms with Crippen LogP contribution in [0, 0.1) is 27.7 Å². The summed E-state index contributed by atoms with van der Waals surface area (Å²) in [5.74, 6) is 3.12. The molecule has 0 saturated heterocycles. The highest BCUT2D eigenvalue weighted by molar-refractivity contribution is 8.76. The maximum Gasteiger partial charge on any atom is 0.0477 e. The van der Waals surface area contributed by atoms with E-state index in [-0.39, 0.29) is 0 Å². The Morgan fingerprint density at radius 3 is 1.17 bits per heavy atom. The minimum atomic E-state index is 0.579. The van der Waals surface area contributed by atoms with Crippen molar-refractivity contribution in [2.24, 2.45) is 0 Å². The van der Waals surface area contributed by atoms with E-state index in [9.17, 15) is 0 Å². The molecule has 24 heavy (non-hydrogen) atoms. The summed E-state index contributed by atoms with van der Waals surface area (Å²) in [4.78, 5) is 0. The molecule has 0 aromatic heterocycles. The number of aryl methyl sites for hydroxylation is 4. The Balaban J connectivity index is 1.99. The van der Waals surface area contributed by atoms with Crippen molar-refractivity contribution in [3.05, 3.63) is 68.8 Å². The zero-order valence-electron chi connectivity index (χ0n) is 14.7. The van der Waals surface area contributed by atoms with Crippen LogP contribution in [0.4, 0.5) is 0 Å². The summed E-state index contributed by atoms with van der Waals surface area (Å²) < 4.78 is 0. The summed E-state index contributed by atoms with van der Waals surface area (Å²) in [5, 5.41) is 0. The van der Waals surface area contributed by atoms with Crippen molar-refractivity contribution < 1.29 is 0 Å². The monoisotopic (exact) mass is 398 g/mol. The van der Waals surface area contributed by atoms with Crippen molar-refractivity contribution in [3.63, 3.8) is 0 Å². The third kappa shape index (κ3) is 5.11. The van der Waals surface area contributed by atoms with Gasteiger partial charge in [0, 0.05) is 23.3 Å². The maximum atomic E-state index is 6.11. The lowest BCUT2D eigenvalue weighted by atomic mass is 10.0. The molecule has 0 fully saturated rings. The van der Waals surface area contributed by atoms with Gasteiger partial charge in [-0.25, -0.2) is 0 Å². The molecule has 0 amide bonds. The summed E-state index contributed by atoms with van der Waals surface area (Å²) in [6, 6.07) is 9.00. The Morgan fingerprint density at radius 2 is 0.875 bits per heavy atom. The molecule has 0 saturated carbocycles. The Kier molecular flexibility index (Phi) is 7.87. The zero-order valence-corrected chi connectivity index (χ0v) is 17.9. The van der Waals surface area contributed by atoms with E-state index < -0.39 is 0 Å². The van der Waals surface area contributed by atoms with Gasteiger partial charge in [0.1, 0.15) is 0 Å². The second kappa shape index (κ2) is 9.43. The van der Waals surface area contributed by atoms with Gasteiger partial charge >= 0.3 is 0 Å². The standard InChI is InChI=1S/C20H24Cl2S2/c1-13-5-17(9-21)19(7-15(13)3)11-23-24-12-20-8-16(4)14(2)6-18(20)10-22/h5-8H,9-12H2,1-4H3. The predicted octanol–water partition coefficient (Wildman–Crippen LogP) is 7.48. The number of alkyl halides is 2. The quantitative estimate of drug-likeness (QED) is 0.269. The maximum absolute atomic E-state index is 6.11. The minimum absolute atomic E-state index is 0.579. The average molecular weight is 399 g/mol. The van der Waals surface area contributed by atoms with Gasteiger partial charge in [0.2, 0.25) is 0 Å². The third-order valence-electron chi connectivity index (χ3n) is 4.43. The second-order valence-electron chi connectivity index (χ2n) is 6.20. The molecule has 0 spiro atoms. The van der Waals surface area contributed by atoms with E-state index in [4.69, 9.17) is 23.2 Å². The third-order valence-corrected chi connectivity index (χ3v) is 7.24. The fraction of sp³-hybridized carbons (Fsp3) is 0.400. The molecule has 4 heteroatoms. The molecule has 0 aliphatic rings. The van der Waals surface area contributed by atoms with Gasteiger partial charge in [-0.05, 0) is 72.2 Å². The molecule has 2 aromatic rings. The van der Waals surface area contributed by atoms with Gasteiger partial charge < -0.3 is 0 Å². The lowest BCUT2D eigenvalue weighted by Crippen LogP contribution is -1.94. The molecule has 0 heterocycles. The van der Waals surface area contributed by atoms with E-state index in [1.807, 2.05) is 21.6 Å². The van der Waals surface area contributed by atoms with Gasteiger partial charge in [-0.1, -0.05) is 45.9 Å². The fourth-order valence-electron chi connectivity index (χ4n) is 2.60. The number of benzene rings is 2. The molecular formula is C20H24Cl2S2. The van der Waals surface area contributed by atoms with Crippen LogP contribution in [0.3, 0.4) is 0 Å². The topological polar surface area (TPSA) is 0 Å². The Hall–Kier alpha value is -0.280. The Bertz CT molecular complexity index is 650. The van der Waals surface area contributed by atoms with Gasteiger partial charge in [-0.2, -0.15) is 0 Å². The SMILES string of the molecule is Cc1cc(CCl)c(CSSCc2cc(C)c(C)cc2CCl)cc1C. The normalized spacial score (nSPS) is 11.1. The molecule has 130 valence electrons. The number of hydrogen-bond donors (Lipinski definition) is 0. The van der Waals surface area contributed by atoms with E-state index in [0.717, 1.165) is 11.5 Å². The van der Waals surface area contributed by atoms with E-state index in [2.05, 4.69) is 52.0 Å². The van der Waals surface area contributed by atoms with Crippen LogP contribution < -0.4 is 0 Å². The van der Waals surface area contributed by atoms with Gasteiger partial charge in [-0.15, -0.1) is 23.2 Å². The van der Waals surface area contributed by atoms with Gasteiger partial charge in [-0.3, -0.25) is 0 Å². The van der Waals surface area contributed by atoms with E-state index in [1.165, 1.54) is 44.5 Å². The van der Waals surface area contributed by atoms with Crippen molar-refractivity contribution in [2.45, 2.75) is 51.0 Å². The molecule has 0 unspecified atom stereocenters. The average Bonchev–Trinajstić information content (AvgIpc) is 2.57. The number of halogens is 2. The van der Waals surface area contributed by atoms with Gasteiger partial charge in [0.05, 0.1) is 0 Å². The first-order valence-electron chi connectivity index (χ1n) is 8.00.